The highest BCUT2D eigenvalue weighted by Gasteiger charge is 2.28. The number of furan rings is 1. The van der Waals surface area contributed by atoms with Gasteiger partial charge < -0.3 is 18.1 Å². The lowest BCUT2D eigenvalue weighted by Gasteiger charge is -2.26. The Kier molecular flexibility index (Phi) is 8.00. The summed E-state index contributed by atoms with van der Waals surface area (Å²) >= 11 is 0. The first-order valence-electron chi connectivity index (χ1n) is 24.2. The lowest BCUT2D eigenvalue weighted by atomic mass is 9.84. The number of anilines is 3. The quantitative estimate of drug-likeness (QED) is 0.176. The van der Waals surface area contributed by atoms with Gasteiger partial charge in [0, 0.05) is 65.2 Å². The van der Waals surface area contributed by atoms with Crippen LogP contribution in [0.5, 0.6) is 0 Å². The van der Waals surface area contributed by atoms with E-state index < -0.39 is 0 Å². The largest absolute Gasteiger partial charge is 0.454 e. The molecule has 5 aromatic heterocycles. The molecule has 0 atom stereocenters. The molecule has 0 spiro atoms. The average molecular weight is 872 g/mol. The van der Waals surface area contributed by atoms with Gasteiger partial charge >= 0.3 is 0 Å². The van der Waals surface area contributed by atoms with Gasteiger partial charge in [-0.1, -0.05) is 131 Å². The van der Waals surface area contributed by atoms with Crippen LogP contribution < -0.4 is 4.90 Å². The van der Waals surface area contributed by atoms with Crippen molar-refractivity contribution in [2.24, 2.45) is 0 Å². The summed E-state index contributed by atoms with van der Waals surface area (Å²) in [5.41, 5.74) is 17.9. The highest BCUT2D eigenvalue weighted by atomic mass is 16.3. The molecule has 0 radical (unpaired) electrons. The Bertz CT molecular complexity index is 4170. The van der Waals surface area contributed by atoms with E-state index in [-0.39, 0.29) is 16.2 Å². The standard InChI is InChI=1S/C63H57N3O/c1-35(2)36-19-22-40(23-20-36)64(53-17-14-16-44-43-15-12-13-18-57(43)67-60(44)53)41-24-25-42-48-28-38(62(6,7)8)30-50-47-33-55-46(34-56(47)66(58(48)50)54(42)32-41)51-31-39(63(9,10)11)29-49-45-27-37(61(3,4)5)21-26-52(45)65(55)59(49)51/h12-35H,1-11H3. The van der Waals surface area contributed by atoms with Gasteiger partial charge in [-0.3, -0.25) is 0 Å². The molecule has 0 N–H and O–H groups in total. The van der Waals surface area contributed by atoms with E-state index in [0.29, 0.717) is 5.92 Å². The van der Waals surface area contributed by atoms with Gasteiger partial charge in [0.05, 0.1) is 38.8 Å². The molecule has 13 aromatic rings. The van der Waals surface area contributed by atoms with E-state index in [2.05, 4.69) is 229 Å². The molecule has 0 fully saturated rings. The fourth-order valence-corrected chi connectivity index (χ4v) is 11.4. The number of nitrogens with zero attached hydrogens (tertiary/aromatic N) is 3. The van der Waals surface area contributed by atoms with Gasteiger partial charge in [0.15, 0.2) is 5.58 Å². The van der Waals surface area contributed by atoms with Gasteiger partial charge in [-0.2, -0.15) is 0 Å². The zero-order chi connectivity index (χ0) is 46.2. The number of aromatic nitrogens is 2. The SMILES string of the molecule is CC(C)c1ccc(N(c2ccc3c4cc(C(C)(C)C)cc5c6cc7c(cc6n(c3c2)c45)c2cc(C(C)(C)C)cc3c4cc(C(C)(C)C)ccc4n7c32)c2cccc3c2oc2ccccc23)cc1. The van der Waals surface area contributed by atoms with Gasteiger partial charge in [0.1, 0.15) is 5.58 Å². The minimum atomic E-state index is -0.0457. The monoisotopic (exact) mass is 871 g/mol. The van der Waals surface area contributed by atoms with E-state index in [1.807, 2.05) is 0 Å². The minimum absolute atomic E-state index is 0.0211. The van der Waals surface area contributed by atoms with Crippen LogP contribution in [0.3, 0.4) is 0 Å². The van der Waals surface area contributed by atoms with Crippen LogP contribution in [0.25, 0.3) is 98.1 Å². The molecule has 330 valence electrons. The molecule has 67 heavy (non-hydrogen) atoms. The molecule has 0 unspecified atom stereocenters. The third-order valence-electron chi connectivity index (χ3n) is 15.2. The van der Waals surface area contributed by atoms with Crippen LogP contribution in [0.1, 0.15) is 104 Å². The molecule has 4 nitrogen and oxygen atoms in total. The van der Waals surface area contributed by atoms with Crippen molar-refractivity contribution in [3.8, 4) is 0 Å². The first-order valence-corrected chi connectivity index (χ1v) is 24.2. The summed E-state index contributed by atoms with van der Waals surface area (Å²) in [4.78, 5) is 2.40. The molecule has 0 saturated heterocycles. The minimum Gasteiger partial charge on any atom is -0.454 e. The molecule has 5 heterocycles. The van der Waals surface area contributed by atoms with Crippen LogP contribution in [0.4, 0.5) is 17.1 Å². The number of hydrogen-bond donors (Lipinski definition) is 0. The molecular weight excluding hydrogens is 815 g/mol. The zero-order valence-electron chi connectivity index (χ0n) is 40.6. The molecule has 0 aliphatic heterocycles. The van der Waals surface area contributed by atoms with E-state index in [9.17, 15) is 0 Å². The smallest absolute Gasteiger partial charge is 0.159 e. The molecule has 8 aromatic carbocycles. The van der Waals surface area contributed by atoms with Crippen LogP contribution in [-0.4, -0.2) is 8.80 Å². The second-order valence-electron chi connectivity index (χ2n) is 22.9. The molecule has 0 bridgehead atoms. The van der Waals surface area contributed by atoms with Crippen molar-refractivity contribution in [3.05, 3.63) is 162 Å². The predicted molar refractivity (Wildman–Crippen MR) is 288 cm³/mol. The highest BCUT2D eigenvalue weighted by molar-refractivity contribution is 6.29. The Morgan fingerprint density at radius 3 is 1.51 bits per heavy atom. The molecule has 0 amide bonds. The maximum atomic E-state index is 6.76. The Morgan fingerprint density at radius 2 is 0.910 bits per heavy atom. The number of benzene rings is 8. The summed E-state index contributed by atoms with van der Waals surface area (Å²) < 4.78 is 11.9. The summed E-state index contributed by atoms with van der Waals surface area (Å²) in [6.07, 6.45) is 0. The summed E-state index contributed by atoms with van der Waals surface area (Å²) in [6, 6.07) is 53.3. The second kappa shape index (κ2) is 13.3. The molecular formula is C63H57N3O. The third kappa shape index (κ3) is 5.65. The lowest BCUT2D eigenvalue weighted by molar-refractivity contribution is 0.590. The zero-order valence-corrected chi connectivity index (χ0v) is 40.6. The van der Waals surface area contributed by atoms with E-state index >= 15 is 0 Å². The van der Waals surface area contributed by atoms with Gasteiger partial charge in [0.25, 0.3) is 0 Å². The van der Waals surface area contributed by atoms with E-state index in [4.69, 9.17) is 4.42 Å². The van der Waals surface area contributed by atoms with Gasteiger partial charge in [-0.15, -0.1) is 0 Å². The highest BCUT2D eigenvalue weighted by Crippen LogP contribution is 2.49. The second-order valence-corrected chi connectivity index (χ2v) is 22.9. The Morgan fingerprint density at radius 1 is 0.403 bits per heavy atom. The average Bonchev–Trinajstić information content (AvgIpc) is 4.08. The first-order chi connectivity index (χ1) is 31.9. The first kappa shape index (κ1) is 40.3. The van der Waals surface area contributed by atoms with Crippen LogP contribution in [-0.2, 0) is 16.2 Å². The van der Waals surface area contributed by atoms with Gasteiger partial charge in [0.2, 0.25) is 0 Å². The van der Waals surface area contributed by atoms with E-state index in [1.165, 1.54) is 98.4 Å². The maximum absolute atomic E-state index is 6.76. The van der Waals surface area contributed by atoms with Crippen molar-refractivity contribution in [2.75, 3.05) is 4.90 Å². The molecule has 13 rings (SSSR count). The summed E-state index contributed by atoms with van der Waals surface area (Å²) in [6.45, 7) is 25.5. The fraction of sp³-hybridized carbons (Fsp3) is 0.238. The van der Waals surface area contributed by atoms with Crippen molar-refractivity contribution in [1.82, 2.24) is 8.80 Å². The van der Waals surface area contributed by atoms with E-state index in [0.717, 1.165) is 39.0 Å². The number of rotatable bonds is 4. The molecule has 4 heteroatoms. The van der Waals surface area contributed by atoms with Crippen LogP contribution in [0.15, 0.2) is 144 Å². The number of hydrogen-bond acceptors (Lipinski definition) is 2. The summed E-state index contributed by atoms with van der Waals surface area (Å²) in [5.74, 6) is 0.430. The molecule has 0 aliphatic rings. The lowest BCUT2D eigenvalue weighted by Crippen LogP contribution is -2.11. The van der Waals surface area contributed by atoms with Crippen molar-refractivity contribution in [2.45, 2.75) is 98.3 Å². The van der Waals surface area contributed by atoms with Crippen molar-refractivity contribution in [3.63, 3.8) is 0 Å². The van der Waals surface area contributed by atoms with Crippen molar-refractivity contribution in [1.29, 1.82) is 0 Å². The van der Waals surface area contributed by atoms with Crippen LogP contribution in [0.2, 0.25) is 0 Å². The third-order valence-corrected chi connectivity index (χ3v) is 15.2. The Balaban J connectivity index is 1.15. The predicted octanol–water partition coefficient (Wildman–Crippen LogP) is 18.4. The molecule has 0 aliphatic carbocycles. The summed E-state index contributed by atoms with van der Waals surface area (Å²) in [5, 5.41) is 12.7. The number of fused-ring (bicyclic) bond motifs is 15. The van der Waals surface area contributed by atoms with Crippen molar-refractivity contribution < 1.29 is 4.42 Å². The van der Waals surface area contributed by atoms with Crippen LogP contribution >= 0.6 is 0 Å². The summed E-state index contributed by atoms with van der Waals surface area (Å²) in [7, 11) is 0. The normalized spacial score (nSPS) is 13.4. The van der Waals surface area contributed by atoms with Gasteiger partial charge in [-0.05, 0) is 129 Å². The molecule has 0 saturated carbocycles. The number of para-hydroxylation sites is 2. The van der Waals surface area contributed by atoms with E-state index in [1.54, 1.807) is 0 Å². The van der Waals surface area contributed by atoms with Crippen LogP contribution in [0, 0.1) is 0 Å². The maximum Gasteiger partial charge on any atom is 0.159 e. The van der Waals surface area contributed by atoms with Crippen molar-refractivity contribution >= 4 is 115 Å². The Labute approximate surface area is 391 Å². The van der Waals surface area contributed by atoms with Gasteiger partial charge in [-0.25, -0.2) is 0 Å². The topological polar surface area (TPSA) is 25.2 Å². The fourth-order valence-electron chi connectivity index (χ4n) is 11.4. The Hall–Kier alpha value is -7.04.